The molecule has 0 atom stereocenters. The molecule has 0 aliphatic carbocycles. The van der Waals surface area contributed by atoms with Gasteiger partial charge in [-0.05, 0) is 17.7 Å². The predicted octanol–water partition coefficient (Wildman–Crippen LogP) is 2.63. The molecule has 0 fully saturated rings. The second-order valence-corrected chi connectivity index (χ2v) is 6.18. The number of benzene rings is 1. The molecule has 0 unspecified atom stereocenters. The fourth-order valence-corrected chi connectivity index (χ4v) is 2.89. The van der Waals surface area contributed by atoms with Crippen LogP contribution in [0.15, 0.2) is 18.2 Å². The van der Waals surface area contributed by atoms with Crippen LogP contribution in [0.25, 0.3) is 0 Å². The van der Waals surface area contributed by atoms with Gasteiger partial charge in [0.25, 0.3) is 5.91 Å². The zero-order chi connectivity index (χ0) is 15.7. The van der Waals surface area contributed by atoms with Gasteiger partial charge < -0.3 is 10.2 Å². The van der Waals surface area contributed by atoms with Gasteiger partial charge in [0.15, 0.2) is 5.69 Å². The number of aromatic nitrogens is 2. The molecule has 2 aromatic rings. The highest BCUT2D eigenvalue weighted by atomic mass is 35.5. The van der Waals surface area contributed by atoms with Crippen molar-refractivity contribution in [1.82, 2.24) is 20.4 Å². The summed E-state index contributed by atoms with van der Waals surface area (Å²) in [6, 6.07) is 5.37. The van der Waals surface area contributed by atoms with Gasteiger partial charge in [-0.3, -0.25) is 9.89 Å². The number of aromatic amines is 1. The second kappa shape index (κ2) is 6.28. The molecule has 2 heterocycles. The van der Waals surface area contributed by atoms with Crippen molar-refractivity contribution in [3.8, 4) is 0 Å². The lowest BCUT2D eigenvalue weighted by Crippen LogP contribution is -2.30. The fourth-order valence-electron chi connectivity index (χ4n) is 2.57. The number of H-pyrrole nitrogens is 1. The van der Waals surface area contributed by atoms with E-state index >= 15 is 0 Å². The molecule has 22 heavy (non-hydrogen) atoms. The molecule has 1 aromatic carbocycles. The highest BCUT2D eigenvalue weighted by molar-refractivity contribution is 6.42. The van der Waals surface area contributed by atoms with Crippen LogP contribution >= 0.6 is 23.2 Å². The van der Waals surface area contributed by atoms with Crippen LogP contribution in [0.4, 0.5) is 0 Å². The highest BCUT2D eigenvalue weighted by Gasteiger charge is 2.23. The van der Waals surface area contributed by atoms with Gasteiger partial charge in [-0.1, -0.05) is 29.3 Å². The number of carbonyl (C=O) groups is 1. The quantitative estimate of drug-likeness (QED) is 0.904. The number of nitrogens with one attached hydrogen (secondary N) is 2. The molecule has 0 spiro atoms. The average molecular weight is 339 g/mol. The summed E-state index contributed by atoms with van der Waals surface area (Å²) in [4.78, 5) is 14.2. The summed E-state index contributed by atoms with van der Waals surface area (Å²) in [6.45, 7) is 2.03. The molecule has 1 aromatic heterocycles. The van der Waals surface area contributed by atoms with Crippen molar-refractivity contribution < 1.29 is 4.79 Å². The van der Waals surface area contributed by atoms with Crippen molar-refractivity contribution >= 4 is 29.1 Å². The van der Waals surface area contributed by atoms with Crippen LogP contribution in [-0.2, 0) is 19.5 Å². The molecule has 3 rings (SSSR count). The Morgan fingerprint density at radius 1 is 1.36 bits per heavy atom. The van der Waals surface area contributed by atoms with Crippen molar-refractivity contribution in [1.29, 1.82) is 0 Å². The van der Waals surface area contributed by atoms with Gasteiger partial charge in [0.1, 0.15) is 0 Å². The maximum atomic E-state index is 12.6. The molecule has 0 saturated heterocycles. The van der Waals surface area contributed by atoms with Crippen LogP contribution in [0.5, 0.6) is 0 Å². The standard InChI is InChI=1S/C15H16Cl2N4O/c1-21(8-9-2-3-11(16)12(17)6-9)15(22)14-10-7-18-5-4-13(10)19-20-14/h2-3,6,18H,4-5,7-8H2,1H3,(H,19,20). The average Bonchev–Trinajstić information content (AvgIpc) is 2.94. The number of halogens is 2. The first kappa shape index (κ1) is 15.3. The molecule has 116 valence electrons. The van der Waals surface area contributed by atoms with Crippen LogP contribution < -0.4 is 5.32 Å². The molecule has 2 N–H and O–H groups in total. The zero-order valence-corrected chi connectivity index (χ0v) is 13.6. The minimum atomic E-state index is -0.104. The Bertz CT molecular complexity index is 714. The van der Waals surface area contributed by atoms with Gasteiger partial charge in [0.2, 0.25) is 0 Å². The molecule has 1 amide bonds. The zero-order valence-electron chi connectivity index (χ0n) is 12.1. The summed E-state index contributed by atoms with van der Waals surface area (Å²) >= 11 is 11.9. The summed E-state index contributed by atoms with van der Waals surface area (Å²) in [5, 5.41) is 11.4. The number of amides is 1. The van der Waals surface area contributed by atoms with E-state index in [-0.39, 0.29) is 5.91 Å². The summed E-state index contributed by atoms with van der Waals surface area (Å²) < 4.78 is 0. The summed E-state index contributed by atoms with van der Waals surface area (Å²) in [5.41, 5.74) is 3.43. The largest absolute Gasteiger partial charge is 0.336 e. The van der Waals surface area contributed by atoms with Crippen LogP contribution in [0, 0.1) is 0 Å². The number of rotatable bonds is 3. The van der Waals surface area contributed by atoms with Gasteiger partial charge >= 0.3 is 0 Å². The Hall–Kier alpha value is -1.56. The maximum absolute atomic E-state index is 12.6. The van der Waals surface area contributed by atoms with Gasteiger partial charge in [-0.2, -0.15) is 5.10 Å². The normalized spacial score (nSPS) is 13.8. The Morgan fingerprint density at radius 3 is 2.95 bits per heavy atom. The van der Waals surface area contributed by atoms with Crippen molar-refractivity contribution in [3.63, 3.8) is 0 Å². The highest BCUT2D eigenvalue weighted by Crippen LogP contribution is 2.23. The molecule has 1 aliphatic heterocycles. The minimum Gasteiger partial charge on any atom is -0.336 e. The number of fused-ring (bicyclic) bond motifs is 1. The van der Waals surface area contributed by atoms with Crippen molar-refractivity contribution in [2.45, 2.75) is 19.5 Å². The van der Waals surface area contributed by atoms with Crippen LogP contribution in [0.2, 0.25) is 10.0 Å². The first-order chi connectivity index (χ1) is 10.6. The lowest BCUT2D eigenvalue weighted by Gasteiger charge is -2.18. The third-order valence-electron chi connectivity index (χ3n) is 3.76. The Morgan fingerprint density at radius 2 is 2.18 bits per heavy atom. The van der Waals surface area contributed by atoms with E-state index in [1.165, 1.54) is 0 Å². The number of hydrogen-bond acceptors (Lipinski definition) is 3. The molecule has 0 radical (unpaired) electrons. The molecule has 5 nitrogen and oxygen atoms in total. The van der Waals surface area contributed by atoms with Crippen LogP contribution in [0.3, 0.4) is 0 Å². The minimum absolute atomic E-state index is 0.104. The van der Waals surface area contributed by atoms with Gasteiger partial charge in [0, 0.05) is 44.4 Å². The van der Waals surface area contributed by atoms with E-state index in [9.17, 15) is 4.79 Å². The van der Waals surface area contributed by atoms with E-state index < -0.39 is 0 Å². The van der Waals surface area contributed by atoms with Gasteiger partial charge in [-0.15, -0.1) is 0 Å². The first-order valence-corrected chi connectivity index (χ1v) is 7.78. The van der Waals surface area contributed by atoms with Crippen molar-refractivity contribution in [2.75, 3.05) is 13.6 Å². The number of nitrogens with zero attached hydrogens (tertiary/aromatic N) is 2. The van der Waals surface area contributed by atoms with Crippen LogP contribution in [0.1, 0.15) is 27.3 Å². The second-order valence-electron chi connectivity index (χ2n) is 5.37. The monoisotopic (exact) mass is 338 g/mol. The molecule has 1 aliphatic rings. The third-order valence-corrected chi connectivity index (χ3v) is 4.50. The number of hydrogen-bond donors (Lipinski definition) is 2. The SMILES string of the molecule is CN(Cc1ccc(Cl)c(Cl)c1)C(=O)c1n[nH]c2c1CNCC2. The lowest BCUT2D eigenvalue weighted by atomic mass is 10.1. The molecule has 0 bridgehead atoms. The topological polar surface area (TPSA) is 61.0 Å². The van der Waals surface area contributed by atoms with E-state index in [0.29, 0.717) is 28.8 Å². The Labute approximate surface area is 138 Å². The molecular weight excluding hydrogens is 323 g/mol. The van der Waals surface area contributed by atoms with E-state index in [0.717, 1.165) is 29.8 Å². The first-order valence-electron chi connectivity index (χ1n) is 7.02. The third kappa shape index (κ3) is 2.97. The summed E-state index contributed by atoms with van der Waals surface area (Å²) in [5.74, 6) is -0.104. The van der Waals surface area contributed by atoms with Crippen LogP contribution in [-0.4, -0.2) is 34.6 Å². The Kier molecular flexibility index (Phi) is 4.38. The Balaban J connectivity index is 1.77. The molecule has 7 heteroatoms. The summed E-state index contributed by atoms with van der Waals surface area (Å²) in [6.07, 6.45) is 0.867. The number of carbonyl (C=O) groups excluding carboxylic acids is 1. The van der Waals surface area contributed by atoms with E-state index in [4.69, 9.17) is 23.2 Å². The molecule has 0 saturated carbocycles. The van der Waals surface area contributed by atoms with Gasteiger partial charge in [0.05, 0.1) is 10.0 Å². The fraction of sp³-hybridized carbons (Fsp3) is 0.333. The predicted molar refractivity (Wildman–Crippen MR) is 86.3 cm³/mol. The van der Waals surface area contributed by atoms with Crippen molar-refractivity contribution in [3.05, 3.63) is 50.8 Å². The maximum Gasteiger partial charge on any atom is 0.274 e. The smallest absolute Gasteiger partial charge is 0.274 e. The lowest BCUT2D eigenvalue weighted by molar-refractivity contribution is 0.0778. The van der Waals surface area contributed by atoms with E-state index in [1.54, 1.807) is 24.1 Å². The molecular formula is C15H16Cl2N4O. The summed E-state index contributed by atoms with van der Waals surface area (Å²) in [7, 11) is 1.75. The van der Waals surface area contributed by atoms with E-state index in [1.807, 2.05) is 6.07 Å². The van der Waals surface area contributed by atoms with Gasteiger partial charge in [-0.25, -0.2) is 0 Å². The van der Waals surface area contributed by atoms with E-state index in [2.05, 4.69) is 15.5 Å². The van der Waals surface area contributed by atoms with Crippen molar-refractivity contribution in [2.24, 2.45) is 0 Å².